The molecular formula is C15H13Br2NO2. The average Bonchev–Trinajstić information content (AvgIpc) is 2.40. The van der Waals surface area contributed by atoms with Crippen LogP contribution in [-0.4, -0.2) is 23.0 Å². The second-order valence-electron chi connectivity index (χ2n) is 4.45. The minimum atomic E-state index is -0.210. The molecule has 0 spiro atoms. The number of halogens is 2. The van der Waals surface area contributed by atoms with Gasteiger partial charge in [-0.05, 0) is 35.9 Å². The fraction of sp³-hybridized carbons (Fsp3) is 0.133. The molecule has 0 saturated heterocycles. The minimum Gasteiger partial charge on any atom is -0.507 e. The van der Waals surface area contributed by atoms with E-state index in [1.807, 2.05) is 24.3 Å². The lowest BCUT2D eigenvalue weighted by Gasteiger charge is -2.18. The molecule has 0 bridgehead atoms. The average molecular weight is 399 g/mol. The number of phenolic OH excluding ortho intramolecular Hbond substituents is 1. The van der Waals surface area contributed by atoms with E-state index in [-0.39, 0.29) is 11.7 Å². The molecule has 2 aromatic carbocycles. The Morgan fingerprint density at radius 1 is 1.10 bits per heavy atom. The van der Waals surface area contributed by atoms with Crippen molar-refractivity contribution in [2.24, 2.45) is 0 Å². The Kier molecular flexibility index (Phi) is 4.83. The number of hydrogen-bond acceptors (Lipinski definition) is 2. The summed E-state index contributed by atoms with van der Waals surface area (Å²) >= 11 is 6.63. The molecule has 0 heterocycles. The van der Waals surface area contributed by atoms with Crippen LogP contribution in [0.5, 0.6) is 5.75 Å². The normalized spacial score (nSPS) is 10.3. The van der Waals surface area contributed by atoms with Crippen LogP contribution in [0.15, 0.2) is 51.4 Å². The predicted octanol–water partition coefficient (Wildman–Crippen LogP) is 4.19. The van der Waals surface area contributed by atoms with Gasteiger partial charge in [0.25, 0.3) is 5.91 Å². The quantitative estimate of drug-likeness (QED) is 0.841. The first-order chi connectivity index (χ1) is 9.47. The largest absolute Gasteiger partial charge is 0.507 e. The van der Waals surface area contributed by atoms with Crippen LogP contribution in [-0.2, 0) is 6.54 Å². The van der Waals surface area contributed by atoms with Gasteiger partial charge in [-0.15, -0.1) is 0 Å². The van der Waals surface area contributed by atoms with Crippen LogP contribution >= 0.6 is 31.9 Å². The predicted molar refractivity (Wildman–Crippen MR) is 85.7 cm³/mol. The van der Waals surface area contributed by atoms with E-state index in [1.54, 1.807) is 24.1 Å². The molecule has 2 aromatic rings. The van der Waals surface area contributed by atoms with Gasteiger partial charge in [0.15, 0.2) is 0 Å². The summed E-state index contributed by atoms with van der Waals surface area (Å²) in [6.45, 7) is 0.488. The van der Waals surface area contributed by atoms with E-state index < -0.39 is 0 Å². The van der Waals surface area contributed by atoms with Crippen LogP contribution < -0.4 is 0 Å². The van der Waals surface area contributed by atoms with Crippen molar-refractivity contribution < 1.29 is 9.90 Å². The number of hydrogen-bond donors (Lipinski definition) is 1. The summed E-state index contributed by atoms with van der Waals surface area (Å²) in [5.41, 5.74) is 1.33. The van der Waals surface area contributed by atoms with Gasteiger partial charge < -0.3 is 10.0 Å². The number of carbonyl (C=O) groups excluding carboxylic acids is 1. The Bertz CT molecular complexity index is 626. The van der Waals surface area contributed by atoms with Crippen LogP contribution in [0.2, 0.25) is 0 Å². The zero-order valence-electron chi connectivity index (χ0n) is 10.8. The van der Waals surface area contributed by atoms with E-state index in [0.717, 1.165) is 14.5 Å². The number of aromatic hydroxyl groups is 1. The zero-order chi connectivity index (χ0) is 14.7. The summed E-state index contributed by atoms with van der Waals surface area (Å²) in [5, 5.41) is 9.83. The lowest BCUT2D eigenvalue weighted by molar-refractivity contribution is 0.0782. The molecule has 20 heavy (non-hydrogen) atoms. The van der Waals surface area contributed by atoms with Crippen molar-refractivity contribution in [1.82, 2.24) is 4.90 Å². The molecule has 0 unspecified atom stereocenters. The Labute approximate surface area is 134 Å². The second-order valence-corrected chi connectivity index (χ2v) is 6.28. The molecule has 5 heteroatoms. The zero-order valence-corrected chi connectivity index (χ0v) is 14.0. The third-order valence-electron chi connectivity index (χ3n) is 2.87. The molecular weight excluding hydrogens is 386 g/mol. The maximum atomic E-state index is 12.3. The third kappa shape index (κ3) is 3.61. The van der Waals surface area contributed by atoms with Gasteiger partial charge in [0.1, 0.15) is 5.75 Å². The topological polar surface area (TPSA) is 40.5 Å². The van der Waals surface area contributed by atoms with Gasteiger partial charge in [0.05, 0.1) is 5.56 Å². The van der Waals surface area contributed by atoms with Crippen molar-refractivity contribution >= 4 is 37.8 Å². The summed E-state index contributed by atoms with van der Waals surface area (Å²) in [4.78, 5) is 13.9. The number of nitrogens with zero attached hydrogens (tertiary/aromatic N) is 1. The highest BCUT2D eigenvalue weighted by Crippen LogP contribution is 2.24. The molecule has 0 aliphatic carbocycles. The molecule has 2 rings (SSSR count). The van der Waals surface area contributed by atoms with Gasteiger partial charge >= 0.3 is 0 Å². The number of benzene rings is 2. The first kappa shape index (κ1) is 15.1. The summed E-state index contributed by atoms with van der Waals surface area (Å²) in [5.74, 6) is -0.232. The van der Waals surface area contributed by atoms with Gasteiger partial charge in [0, 0.05) is 22.5 Å². The summed E-state index contributed by atoms with van der Waals surface area (Å²) < 4.78 is 1.74. The van der Waals surface area contributed by atoms with Crippen molar-refractivity contribution in [3.05, 3.63) is 62.5 Å². The Balaban J connectivity index is 2.14. The molecule has 1 N–H and O–H groups in total. The van der Waals surface area contributed by atoms with Crippen LogP contribution in [0.25, 0.3) is 0 Å². The maximum absolute atomic E-state index is 12.3. The molecule has 104 valence electrons. The van der Waals surface area contributed by atoms with Crippen molar-refractivity contribution in [3.8, 4) is 5.75 Å². The van der Waals surface area contributed by atoms with Crippen LogP contribution in [0.1, 0.15) is 15.9 Å². The van der Waals surface area contributed by atoms with E-state index in [0.29, 0.717) is 12.1 Å². The number of amides is 1. The molecule has 0 saturated carbocycles. The van der Waals surface area contributed by atoms with Crippen LogP contribution in [0.4, 0.5) is 0 Å². The highest BCUT2D eigenvalue weighted by atomic mass is 79.9. The fourth-order valence-electron chi connectivity index (χ4n) is 1.83. The van der Waals surface area contributed by atoms with Crippen molar-refractivity contribution in [2.75, 3.05) is 7.05 Å². The van der Waals surface area contributed by atoms with E-state index in [2.05, 4.69) is 31.9 Å². The molecule has 3 nitrogen and oxygen atoms in total. The summed E-state index contributed by atoms with van der Waals surface area (Å²) in [6.07, 6.45) is 0. The maximum Gasteiger partial charge on any atom is 0.257 e. The van der Waals surface area contributed by atoms with E-state index in [4.69, 9.17) is 0 Å². The van der Waals surface area contributed by atoms with E-state index in [1.165, 1.54) is 6.07 Å². The SMILES string of the molecule is CN(Cc1ccc(Br)cc1)C(=O)c1ccc(Br)cc1O. The Morgan fingerprint density at radius 3 is 2.30 bits per heavy atom. The highest BCUT2D eigenvalue weighted by Gasteiger charge is 2.16. The van der Waals surface area contributed by atoms with Crippen LogP contribution in [0.3, 0.4) is 0 Å². The smallest absolute Gasteiger partial charge is 0.257 e. The second kappa shape index (κ2) is 6.41. The minimum absolute atomic E-state index is 0.0213. The lowest BCUT2D eigenvalue weighted by atomic mass is 10.1. The molecule has 0 aliphatic heterocycles. The van der Waals surface area contributed by atoms with E-state index >= 15 is 0 Å². The van der Waals surface area contributed by atoms with Gasteiger partial charge in [-0.25, -0.2) is 0 Å². The van der Waals surface area contributed by atoms with Crippen molar-refractivity contribution in [1.29, 1.82) is 0 Å². The van der Waals surface area contributed by atoms with Gasteiger partial charge in [-0.2, -0.15) is 0 Å². The first-order valence-electron chi connectivity index (χ1n) is 5.96. The van der Waals surface area contributed by atoms with Crippen molar-refractivity contribution in [2.45, 2.75) is 6.54 Å². The van der Waals surface area contributed by atoms with Crippen LogP contribution in [0, 0.1) is 0 Å². The van der Waals surface area contributed by atoms with Gasteiger partial charge in [-0.3, -0.25) is 4.79 Å². The number of rotatable bonds is 3. The Hall–Kier alpha value is -1.33. The molecule has 0 aliphatic rings. The Morgan fingerprint density at radius 2 is 1.70 bits per heavy atom. The molecule has 0 radical (unpaired) electrons. The summed E-state index contributed by atoms with van der Waals surface area (Å²) in [7, 11) is 1.71. The summed E-state index contributed by atoms with van der Waals surface area (Å²) in [6, 6.07) is 12.6. The fourth-order valence-corrected chi connectivity index (χ4v) is 2.44. The molecule has 1 amide bonds. The molecule has 0 fully saturated rings. The molecule has 0 aromatic heterocycles. The number of phenols is 1. The van der Waals surface area contributed by atoms with Crippen molar-refractivity contribution in [3.63, 3.8) is 0 Å². The standard InChI is InChI=1S/C15H13Br2NO2/c1-18(9-10-2-4-11(16)5-3-10)15(20)13-7-6-12(17)8-14(13)19/h2-8,19H,9H2,1H3. The lowest BCUT2D eigenvalue weighted by Crippen LogP contribution is -2.26. The first-order valence-corrected chi connectivity index (χ1v) is 7.54. The van der Waals surface area contributed by atoms with Gasteiger partial charge in [-0.1, -0.05) is 44.0 Å². The van der Waals surface area contributed by atoms with Gasteiger partial charge in [0.2, 0.25) is 0 Å². The number of carbonyl (C=O) groups is 1. The molecule has 0 atom stereocenters. The third-order valence-corrected chi connectivity index (χ3v) is 3.89. The van der Waals surface area contributed by atoms with E-state index in [9.17, 15) is 9.90 Å². The monoisotopic (exact) mass is 397 g/mol. The highest BCUT2D eigenvalue weighted by molar-refractivity contribution is 9.10.